The summed E-state index contributed by atoms with van der Waals surface area (Å²) in [5, 5.41) is 12.7. The minimum Gasteiger partial charge on any atom is -0.478 e. The summed E-state index contributed by atoms with van der Waals surface area (Å²) in [5.74, 6) is 0.380. The van der Waals surface area contributed by atoms with Crippen molar-refractivity contribution in [3.05, 3.63) is 22.9 Å². The van der Waals surface area contributed by atoms with Gasteiger partial charge in [0, 0.05) is 11.7 Å². The molecule has 3 rings (SSSR count). The largest absolute Gasteiger partial charge is 0.478 e. The molecule has 19 heavy (non-hydrogen) atoms. The maximum Gasteiger partial charge on any atom is 0.339 e. The van der Waals surface area contributed by atoms with Crippen LogP contribution in [0.2, 0.25) is 0 Å². The number of nitrogens with one attached hydrogen (secondary N) is 1. The van der Waals surface area contributed by atoms with Gasteiger partial charge >= 0.3 is 5.97 Å². The molecular formula is C15H20N2O2. The van der Waals surface area contributed by atoms with Crippen LogP contribution in [0, 0.1) is 5.92 Å². The minimum atomic E-state index is -0.878. The predicted octanol–water partition coefficient (Wildman–Crippen LogP) is 2.87. The summed E-state index contributed by atoms with van der Waals surface area (Å²) in [6, 6.07) is 2.24. The Morgan fingerprint density at radius 3 is 2.95 bits per heavy atom. The highest BCUT2D eigenvalue weighted by molar-refractivity contribution is 5.93. The van der Waals surface area contributed by atoms with Gasteiger partial charge in [0.2, 0.25) is 0 Å². The summed E-state index contributed by atoms with van der Waals surface area (Å²) in [6.45, 7) is 2.17. The molecule has 0 bridgehead atoms. The normalized spacial score (nSPS) is 24.7. The zero-order valence-electron chi connectivity index (χ0n) is 11.3. The molecule has 2 unspecified atom stereocenters. The molecule has 0 radical (unpaired) electrons. The highest BCUT2D eigenvalue weighted by Crippen LogP contribution is 2.37. The number of anilines is 1. The second-order valence-electron chi connectivity index (χ2n) is 5.66. The fourth-order valence-electron chi connectivity index (χ4n) is 2.96. The Balaban J connectivity index is 1.90. The number of nitrogens with zero attached hydrogens (tertiary/aromatic N) is 1. The SMILES string of the molecule is CCC1CC1Nc1nc2c(cc1C(=O)O)CCCC2. The van der Waals surface area contributed by atoms with Crippen LogP contribution in [0.5, 0.6) is 0 Å². The van der Waals surface area contributed by atoms with Gasteiger partial charge in [-0.3, -0.25) is 0 Å². The van der Waals surface area contributed by atoms with Crippen LogP contribution >= 0.6 is 0 Å². The number of carbonyl (C=O) groups is 1. The van der Waals surface area contributed by atoms with E-state index in [0.717, 1.165) is 49.8 Å². The van der Waals surface area contributed by atoms with Crippen molar-refractivity contribution in [1.29, 1.82) is 0 Å². The lowest BCUT2D eigenvalue weighted by Gasteiger charge is -2.18. The van der Waals surface area contributed by atoms with Gasteiger partial charge in [0.15, 0.2) is 0 Å². The molecule has 0 aromatic carbocycles. The van der Waals surface area contributed by atoms with Crippen LogP contribution in [0.3, 0.4) is 0 Å². The van der Waals surface area contributed by atoms with Gasteiger partial charge in [-0.15, -0.1) is 0 Å². The first-order valence-corrected chi connectivity index (χ1v) is 7.21. The van der Waals surface area contributed by atoms with Gasteiger partial charge in [0.25, 0.3) is 0 Å². The average molecular weight is 260 g/mol. The number of aromatic nitrogens is 1. The molecule has 0 aliphatic heterocycles. The number of hydrogen-bond acceptors (Lipinski definition) is 3. The van der Waals surface area contributed by atoms with Gasteiger partial charge in [0.1, 0.15) is 11.4 Å². The number of rotatable bonds is 4. The molecule has 4 nitrogen and oxygen atoms in total. The third-order valence-corrected chi connectivity index (χ3v) is 4.30. The molecule has 2 atom stereocenters. The van der Waals surface area contributed by atoms with Gasteiger partial charge < -0.3 is 10.4 Å². The van der Waals surface area contributed by atoms with Crippen LogP contribution in [0.1, 0.15) is 54.2 Å². The molecule has 2 aliphatic carbocycles. The first-order valence-electron chi connectivity index (χ1n) is 7.21. The third kappa shape index (κ3) is 2.44. The van der Waals surface area contributed by atoms with Gasteiger partial charge in [0.05, 0.1) is 0 Å². The van der Waals surface area contributed by atoms with Crippen molar-refractivity contribution >= 4 is 11.8 Å². The maximum atomic E-state index is 11.4. The Morgan fingerprint density at radius 1 is 1.47 bits per heavy atom. The fourth-order valence-corrected chi connectivity index (χ4v) is 2.96. The molecule has 0 saturated heterocycles. The monoisotopic (exact) mass is 260 g/mol. The quantitative estimate of drug-likeness (QED) is 0.873. The van der Waals surface area contributed by atoms with E-state index in [0.29, 0.717) is 23.3 Å². The molecule has 2 N–H and O–H groups in total. The smallest absolute Gasteiger partial charge is 0.339 e. The fraction of sp³-hybridized carbons (Fsp3) is 0.600. The molecule has 2 aliphatic rings. The van der Waals surface area contributed by atoms with E-state index in [1.54, 1.807) is 0 Å². The highest BCUT2D eigenvalue weighted by atomic mass is 16.4. The minimum absolute atomic E-state index is 0.336. The summed E-state index contributed by atoms with van der Waals surface area (Å²) >= 11 is 0. The van der Waals surface area contributed by atoms with E-state index in [1.807, 2.05) is 6.07 Å². The molecule has 1 heterocycles. The van der Waals surface area contributed by atoms with E-state index >= 15 is 0 Å². The Kier molecular flexibility index (Phi) is 3.17. The zero-order valence-corrected chi connectivity index (χ0v) is 11.3. The van der Waals surface area contributed by atoms with Gasteiger partial charge in [-0.2, -0.15) is 0 Å². The van der Waals surface area contributed by atoms with E-state index in [4.69, 9.17) is 0 Å². The second-order valence-corrected chi connectivity index (χ2v) is 5.66. The molecule has 4 heteroatoms. The molecular weight excluding hydrogens is 240 g/mol. The lowest BCUT2D eigenvalue weighted by Crippen LogP contribution is -2.16. The Labute approximate surface area is 113 Å². The van der Waals surface area contributed by atoms with Crippen molar-refractivity contribution in [2.45, 2.75) is 51.5 Å². The standard InChI is InChI=1S/C15H20N2O2/c1-2-9-8-13(9)17-14-11(15(18)19)7-10-5-3-4-6-12(10)16-14/h7,9,13H,2-6,8H2,1H3,(H,16,17)(H,18,19). The number of aryl methyl sites for hydroxylation is 2. The van der Waals surface area contributed by atoms with Crippen molar-refractivity contribution in [3.8, 4) is 0 Å². The first-order chi connectivity index (χ1) is 9.19. The van der Waals surface area contributed by atoms with Crippen molar-refractivity contribution < 1.29 is 9.90 Å². The van der Waals surface area contributed by atoms with Gasteiger partial charge in [-0.25, -0.2) is 9.78 Å². The lowest BCUT2D eigenvalue weighted by atomic mass is 9.94. The Bertz CT molecular complexity index is 513. The summed E-state index contributed by atoms with van der Waals surface area (Å²) < 4.78 is 0. The van der Waals surface area contributed by atoms with Crippen molar-refractivity contribution in [1.82, 2.24) is 4.98 Å². The van der Waals surface area contributed by atoms with Crippen LogP contribution in [-0.4, -0.2) is 22.1 Å². The van der Waals surface area contributed by atoms with Crippen LogP contribution < -0.4 is 5.32 Å². The average Bonchev–Trinajstić information content (AvgIpc) is 3.16. The summed E-state index contributed by atoms with van der Waals surface area (Å²) in [6.07, 6.45) is 6.52. The van der Waals surface area contributed by atoms with Crippen LogP contribution in [0.15, 0.2) is 6.07 Å². The summed E-state index contributed by atoms with van der Waals surface area (Å²) in [4.78, 5) is 16.0. The van der Waals surface area contributed by atoms with Crippen molar-refractivity contribution in [3.63, 3.8) is 0 Å². The number of fused-ring (bicyclic) bond motifs is 1. The lowest BCUT2D eigenvalue weighted by molar-refractivity contribution is 0.0697. The van der Waals surface area contributed by atoms with Crippen molar-refractivity contribution in [2.24, 2.45) is 5.92 Å². The number of carboxylic acid groups (broad SMARTS) is 1. The molecule has 1 saturated carbocycles. The molecule has 1 fully saturated rings. The molecule has 102 valence electrons. The van der Waals surface area contributed by atoms with Crippen LogP contribution in [0.25, 0.3) is 0 Å². The predicted molar refractivity (Wildman–Crippen MR) is 73.6 cm³/mol. The van der Waals surface area contributed by atoms with Crippen LogP contribution in [-0.2, 0) is 12.8 Å². The molecule has 1 aromatic heterocycles. The molecule has 1 aromatic rings. The summed E-state index contributed by atoms with van der Waals surface area (Å²) in [7, 11) is 0. The van der Waals surface area contributed by atoms with E-state index < -0.39 is 5.97 Å². The number of pyridine rings is 1. The van der Waals surface area contributed by atoms with Gasteiger partial charge in [-0.05, 0) is 49.7 Å². The third-order valence-electron chi connectivity index (χ3n) is 4.30. The van der Waals surface area contributed by atoms with E-state index in [-0.39, 0.29) is 0 Å². The first kappa shape index (κ1) is 12.5. The highest BCUT2D eigenvalue weighted by Gasteiger charge is 2.36. The molecule has 0 amide bonds. The summed E-state index contributed by atoms with van der Waals surface area (Å²) in [5.41, 5.74) is 2.55. The zero-order chi connectivity index (χ0) is 13.4. The topological polar surface area (TPSA) is 62.2 Å². The molecule has 0 spiro atoms. The van der Waals surface area contributed by atoms with E-state index in [2.05, 4.69) is 17.2 Å². The Morgan fingerprint density at radius 2 is 2.26 bits per heavy atom. The Hall–Kier alpha value is -1.58. The van der Waals surface area contributed by atoms with Crippen molar-refractivity contribution in [2.75, 3.05) is 5.32 Å². The number of aromatic carboxylic acids is 1. The van der Waals surface area contributed by atoms with E-state index in [1.165, 1.54) is 0 Å². The number of carboxylic acids is 1. The van der Waals surface area contributed by atoms with Gasteiger partial charge in [-0.1, -0.05) is 13.3 Å². The van der Waals surface area contributed by atoms with Crippen LogP contribution in [0.4, 0.5) is 5.82 Å². The second kappa shape index (κ2) is 4.83. The van der Waals surface area contributed by atoms with E-state index in [9.17, 15) is 9.90 Å². The number of hydrogen-bond donors (Lipinski definition) is 2. The maximum absolute atomic E-state index is 11.4.